The molecule has 3 aromatic heterocycles. The SMILES string of the molecule is C#Cc1cnc(Nc2cncc(Cc3ccnc(N)c3)c2C)c(F)c1. The van der Waals surface area contributed by atoms with E-state index in [4.69, 9.17) is 12.2 Å². The first kappa shape index (κ1) is 16.4. The molecule has 0 radical (unpaired) electrons. The van der Waals surface area contributed by atoms with Crippen molar-refractivity contribution < 1.29 is 4.39 Å². The summed E-state index contributed by atoms with van der Waals surface area (Å²) in [5.74, 6) is 2.42. The smallest absolute Gasteiger partial charge is 0.167 e. The molecule has 3 N–H and O–H groups in total. The second kappa shape index (κ2) is 6.97. The Hall–Kier alpha value is -3.46. The average Bonchev–Trinajstić information content (AvgIpc) is 2.60. The van der Waals surface area contributed by atoms with Gasteiger partial charge in [-0.3, -0.25) is 4.98 Å². The minimum atomic E-state index is -0.512. The van der Waals surface area contributed by atoms with Gasteiger partial charge >= 0.3 is 0 Å². The Bertz CT molecular complexity index is 962. The Kier molecular flexibility index (Phi) is 4.57. The lowest BCUT2D eigenvalue weighted by Gasteiger charge is -2.13. The van der Waals surface area contributed by atoms with Crippen LogP contribution in [-0.4, -0.2) is 15.0 Å². The molecule has 0 fully saturated rings. The monoisotopic (exact) mass is 333 g/mol. The number of nitrogens with one attached hydrogen (secondary N) is 1. The summed E-state index contributed by atoms with van der Waals surface area (Å²) in [6.07, 6.45) is 12.4. The summed E-state index contributed by atoms with van der Waals surface area (Å²) >= 11 is 0. The molecule has 0 atom stereocenters. The highest BCUT2D eigenvalue weighted by Crippen LogP contribution is 2.24. The van der Waals surface area contributed by atoms with E-state index in [0.717, 1.165) is 16.7 Å². The van der Waals surface area contributed by atoms with Crippen molar-refractivity contribution in [2.24, 2.45) is 0 Å². The van der Waals surface area contributed by atoms with Gasteiger partial charge in [-0.05, 0) is 48.2 Å². The molecule has 3 rings (SSSR count). The van der Waals surface area contributed by atoms with E-state index in [1.807, 2.05) is 19.1 Å². The van der Waals surface area contributed by atoms with Crippen LogP contribution >= 0.6 is 0 Å². The number of nitrogen functional groups attached to an aromatic ring is 1. The van der Waals surface area contributed by atoms with Crippen molar-refractivity contribution in [3.8, 4) is 12.3 Å². The van der Waals surface area contributed by atoms with Crippen LogP contribution in [-0.2, 0) is 6.42 Å². The van der Waals surface area contributed by atoms with Crippen LogP contribution < -0.4 is 11.1 Å². The summed E-state index contributed by atoms with van der Waals surface area (Å²) in [7, 11) is 0. The molecule has 124 valence electrons. The second-order valence-corrected chi connectivity index (χ2v) is 5.56. The molecule has 0 unspecified atom stereocenters. The molecule has 5 nitrogen and oxygen atoms in total. The molecule has 3 heterocycles. The minimum Gasteiger partial charge on any atom is -0.384 e. The fourth-order valence-electron chi connectivity index (χ4n) is 2.43. The van der Waals surface area contributed by atoms with E-state index < -0.39 is 5.82 Å². The number of hydrogen-bond acceptors (Lipinski definition) is 5. The third-order valence-corrected chi connectivity index (χ3v) is 3.82. The van der Waals surface area contributed by atoms with Crippen molar-refractivity contribution in [3.63, 3.8) is 0 Å². The highest BCUT2D eigenvalue weighted by molar-refractivity contribution is 5.62. The summed E-state index contributed by atoms with van der Waals surface area (Å²) in [5, 5.41) is 2.98. The number of aromatic nitrogens is 3. The van der Waals surface area contributed by atoms with Gasteiger partial charge in [0.05, 0.1) is 11.9 Å². The third-order valence-electron chi connectivity index (χ3n) is 3.82. The average molecular weight is 333 g/mol. The van der Waals surface area contributed by atoms with Gasteiger partial charge in [-0.25, -0.2) is 14.4 Å². The standard InChI is InChI=1S/C19H16FN5/c1-3-13-7-16(20)19(24-9-13)25-17-11-22-10-15(12(17)2)6-14-4-5-23-18(21)8-14/h1,4-5,7-11H,6H2,2H3,(H2,21,23)(H,24,25). The number of nitrogens with zero attached hydrogens (tertiary/aromatic N) is 3. The van der Waals surface area contributed by atoms with E-state index in [-0.39, 0.29) is 5.82 Å². The van der Waals surface area contributed by atoms with Gasteiger partial charge in [-0.1, -0.05) is 5.92 Å². The van der Waals surface area contributed by atoms with Crippen LogP contribution in [0.5, 0.6) is 0 Å². The Balaban J connectivity index is 1.87. The van der Waals surface area contributed by atoms with Crippen molar-refractivity contribution >= 4 is 17.3 Å². The van der Waals surface area contributed by atoms with Crippen molar-refractivity contribution in [3.05, 3.63) is 71.1 Å². The molecule has 3 aromatic rings. The maximum Gasteiger partial charge on any atom is 0.167 e. The van der Waals surface area contributed by atoms with E-state index in [1.165, 1.54) is 12.3 Å². The molecule has 0 aliphatic rings. The first-order valence-electron chi connectivity index (χ1n) is 7.60. The zero-order valence-corrected chi connectivity index (χ0v) is 13.6. The molecule has 0 aromatic carbocycles. The normalized spacial score (nSPS) is 10.3. The van der Waals surface area contributed by atoms with Crippen molar-refractivity contribution in [1.82, 2.24) is 15.0 Å². The van der Waals surface area contributed by atoms with Crippen LogP contribution in [0.15, 0.2) is 43.0 Å². The number of nitrogens with two attached hydrogens (primary N) is 1. The molecule has 0 aliphatic carbocycles. The second-order valence-electron chi connectivity index (χ2n) is 5.56. The predicted octanol–water partition coefficient (Wildman–Crippen LogP) is 3.22. The summed E-state index contributed by atoms with van der Waals surface area (Å²) < 4.78 is 14.1. The van der Waals surface area contributed by atoms with Gasteiger partial charge in [-0.15, -0.1) is 6.42 Å². The molecule has 0 saturated heterocycles. The Labute approximate surface area is 145 Å². The topological polar surface area (TPSA) is 76.7 Å². The van der Waals surface area contributed by atoms with Gasteiger partial charge in [-0.2, -0.15) is 0 Å². The van der Waals surface area contributed by atoms with Crippen LogP contribution in [0.3, 0.4) is 0 Å². The minimum absolute atomic E-state index is 0.106. The largest absolute Gasteiger partial charge is 0.384 e. The first-order valence-corrected chi connectivity index (χ1v) is 7.60. The molecular formula is C19H16FN5. The highest BCUT2D eigenvalue weighted by atomic mass is 19.1. The molecule has 0 aliphatic heterocycles. The lowest BCUT2D eigenvalue weighted by molar-refractivity contribution is 0.626. The Morgan fingerprint density at radius 3 is 2.80 bits per heavy atom. The van der Waals surface area contributed by atoms with Crippen LogP contribution in [0.4, 0.5) is 21.7 Å². The van der Waals surface area contributed by atoms with Crippen LogP contribution in [0.2, 0.25) is 0 Å². The van der Waals surface area contributed by atoms with Crippen LogP contribution in [0.25, 0.3) is 0 Å². The van der Waals surface area contributed by atoms with Gasteiger partial charge in [0.25, 0.3) is 0 Å². The fraction of sp³-hybridized carbons (Fsp3) is 0.105. The molecule has 25 heavy (non-hydrogen) atoms. The summed E-state index contributed by atoms with van der Waals surface area (Å²) in [6.45, 7) is 1.94. The molecular weight excluding hydrogens is 317 g/mol. The zero-order chi connectivity index (χ0) is 17.8. The maximum atomic E-state index is 14.1. The molecule has 0 saturated carbocycles. The van der Waals surface area contributed by atoms with Gasteiger partial charge in [0.1, 0.15) is 5.82 Å². The van der Waals surface area contributed by atoms with E-state index in [1.54, 1.807) is 18.6 Å². The van der Waals surface area contributed by atoms with E-state index in [9.17, 15) is 4.39 Å². The van der Waals surface area contributed by atoms with E-state index >= 15 is 0 Å². The van der Waals surface area contributed by atoms with E-state index in [0.29, 0.717) is 23.5 Å². The molecule has 0 amide bonds. The summed E-state index contributed by atoms with van der Waals surface area (Å²) in [6, 6.07) is 4.98. The van der Waals surface area contributed by atoms with Crippen LogP contribution in [0.1, 0.15) is 22.3 Å². The first-order chi connectivity index (χ1) is 12.1. The predicted molar refractivity (Wildman–Crippen MR) is 95.8 cm³/mol. The third kappa shape index (κ3) is 3.72. The number of rotatable bonds is 4. The number of hydrogen-bond donors (Lipinski definition) is 2. The van der Waals surface area contributed by atoms with E-state index in [2.05, 4.69) is 26.2 Å². The summed E-state index contributed by atoms with van der Waals surface area (Å²) in [5.41, 5.74) is 9.76. The molecule has 0 bridgehead atoms. The Morgan fingerprint density at radius 2 is 2.08 bits per heavy atom. The van der Waals surface area contributed by atoms with Crippen LogP contribution in [0, 0.1) is 25.1 Å². The molecule has 6 heteroatoms. The number of pyridine rings is 3. The van der Waals surface area contributed by atoms with Gasteiger partial charge < -0.3 is 11.1 Å². The van der Waals surface area contributed by atoms with Crippen molar-refractivity contribution in [1.29, 1.82) is 0 Å². The maximum absolute atomic E-state index is 14.1. The van der Waals surface area contributed by atoms with Crippen molar-refractivity contribution in [2.75, 3.05) is 11.1 Å². The quantitative estimate of drug-likeness (QED) is 0.717. The number of halogens is 1. The van der Waals surface area contributed by atoms with Gasteiger partial charge in [0.15, 0.2) is 11.6 Å². The number of terminal acetylenes is 1. The zero-order valence-electron chi connectivity index (χ0n) is 13.6. The Morgan fingerprint density at radius 1 is 1.24 bits per heavy atom. The lowest BCUT2D eigenvalue weighted by Crippen LogP contribution is -2.03. The van der Waals surface area contributed by atoms with Gasteiger partial charge in [0, 0.05) is 24.2 Å². The van der Waals surface area contributed by atoms with Crippen molar-refractivity contribution in [2.45, 2.75) is 13.3 Å². The lowest BCUT2D eigenvalue weighted by atomic mass is 10.0. The molecule has 0 spiro atoms. The summed E-state index contributed by atoms with van der Waals surface area (Å²) in [4.78, 5) is 12.2. The number of anilines is 3. The van der Waals surface area contributed by atoms with Gasteiger partial charge in [0.2, 0.25) is 0 Å². The fourth-order valence-corrected chi connectivity index (χ4v) is 2.43. The highest BCUT2D eigenvalue weighted by Gasteiger charge is 2.10.